The minimum Gasteiger partial charge on any atom is -0.478 e. The molecule has 1 atom stereocenters. The molecule has 2 aromatic carbocycles. The topological polar surface area (TPSA) is 37.3 Å². The molecule has 1 aliphatic rings. The molecule has 1 heterocycles. The predicted octanol–water partition coefficient (Wildman–Crippen LogP) is 4.37. The smallest absolute Gasteiger partial charge is 0.335 e. The van der Waals surface area contributed by atoms with Crippen molar-refractivity contribution in [2.75, 3.05) is 0 Å². The third-order valence-electron chi connectivity index (χ3n) is 3.19. The SMILES string of the molecule is O=C(O)c1ccc2c(c1)[C@H](Cl)Cc1ccccc1S2. The highest BCUT2D eigenvalue weighted by Gasteiger charge is 2.22. The molecule has 96 valence electrons. The van der Waals surface area contributed by atoms with Gasteiger partial charge in [0.1, 0.15) is 0 Å². The van der Waals surface area contributed by atoms with E-state index in [2.05, 4.69) is 12.1 Å². The first-order valence-corrected chi connectivity index (χ1v) is 7.17. The lowest BCUT2D eigenvalue weighted by atomic mass is 10.0. The summed E-state index contributed by atoms with van der Waals surface area (Å²) >= 11 is 8.10. The van der Waals surface area contributed by atoms with Gasteiger partial charge in [0.25, 0.3) is 0 Å². The van der Waals surface area contributed by atoms with Crippen molar-refractivity contribution in [1.29, 1.82) is 0 Å². The fourth-order valence-corrected chi connectivity index (χ4v) is 3.75. The molecule has 0 aliphatic carbocycles. The third-order valence-corrected chi connectivity index (χ3v) is 4.79. The van der Waals surface area contributed by atoms with Crippen molar-refractivity contribution in [3.05, 3.63) is 59.2 Å². The largest absolute Gasteiger partial charge is 0.478 e. The number of hydrogen-bond acceptors (Lipinski definition) is 2. The second kappa shape index (κ2) is 4.91. The minimum absolute atomic E-state index is 0.189. The predicted molar refractivity (Wildman–Crippen MR) is 76.3 cm³/mol. The molecule has 2 nitrogen and oxygen atoms in total. The Kier molecular flexibility index (Phi) is 3.25. The Morgan fingerprint density at radius 1 is 1.21 bits per heavy atom. The van der Waals surface area contributed by atoms with E-state index in [0.717, 1.165) is 16.9 Å². The van der Waals surface area contributed by atoms with E-state index >= 15 is 0 Å². The number of benzene rings is 2. The molecule has 4 heteroatoms. The summed E-state index contributed by atoms with van der Waals surface area (Å²) in [5.74, 6) is -0.918. The molecule has 0 unspecified atom stereocenters. The molecule has 0 saturated heterocycles. The molecule has 0 fully saturated rings. The lowest BCUT2D eigenvalue weighted by Crippen LogP contribution is -2.01. The molecular weight excluding hydrogens is 280 g/mol. The van der Waals surface area contributed by atoms with Crippen molar-refractivity contribution < 1.29 is 9.90 Å². The van der Waals surface area contributed by atoms with E-state index in [9.17, 15) is 4.79 Å². The van der Waals surface area contributed by atoms with Crippen molar-refractivity contribution >= 4 is 29.3 Å². The summed E-state index contributed by atoms with van der Waals surface area (Å²) in [6.45, 7) is 0. The fraction of sp³-hybridized carbons (Fsp3) is 0.133. The van der Waals surface area contributed by atoms with E-state index in [4.69, 9.17) is 16.7 Å². The fourth-order valence-electron chi connectivity index (χ4n) is 2.21. The Morgan fingerprint density at radius 3 is 2.79 bits per heavy atom. The number of carboxylic acids is 1. The van der Waals surface area contributed by atoms with Gasteiger partial charge >= 0.3 is 5.97 Å². The Hall–Kier alpha value is -1.45. The first-order valence-electron chi connectivity index (χ1n) is 5.92. The van der Waals surface area contributed by atoms with Gasteiger partial charge in [-0.2, -0.15) is 0 Å². The molecule has 0 radical (unpaired) electrons. The molecule has 1 N–H and O–H groups in total. The number of fused-ring (bicyclic) bond motifs is 2. The van der Waals surface area contributed by atoms with E-state index in [1.165, 1.54) is 10.5 Å². The van der Waals surface area contributed by atoms with Crippen molar-refractivity contribution in [1.82, 2.24) is 0 Å². The highest BCUT2D eigenvalue weighted by atomic mass is 35.5. The lowest BCUT2D eigenvalue weighted by Gasteiger charge is -2.10. The Balaban J connectivity index is 2.11. The van der Waals surface area contributed by atoms with Crippen LogP contribution in [0.2, 0.25) is 0 Å². The summed E-state index contributed by atoms with van der Waals surface area (Å²) in [6.07, 6.45) is 0.723. The van der Waals surface area contributed by atoms with E-state index in [0.29, 0.717) is 0 Å². The van der Waals surface area contributed by atoms with Crippen molar-refractivity contribution in [3.8, 4) is 0 Å². The average molecular weight is 291 g/mol. The summed E-state index contributed by atoms with van der Waals surface area (Å²) in [5, 5.41) is 8.88. The zero-order valence-corrected chi connectivity index (χ0v) is 11.5. The quantitative estimate of drug-likeness (QED) is 0.792. The maximum Gasteiger partial charge on any atom is 0.335 e. The van der Waals surface area contributed by atoms with Crippen LogP contribution in [0.4, 0.5) is 0 Å². The van der Waals surface area contributed by atoms with E-state index in [1.807, 2.05) is 18.2 Å². The first kappa shape index (κ1) is 12.6. The Bertz CT molecular complexity index is 654. The van der Waals surface area contributed by atoms with Gasteiger partial charge in [-0.05, 0) is 41.8 Å². The molecule has 3 rings (SSSR count). The van der Waals surface area contributed by atoms with Crippen molar-refractivity contribution in [2.24, 2.45) is 0 Å². The van der Waals surface area contributed by atoms with Gasteiger partial charge in [0.05, 0.1) is 10.9 Å². The van der Waals surface area contributed by atoms with Gasteiger partial charge in [-0.25, -0.2) is 4.79 Å². The van der Waals surface area contributed by atoms with E-state index < -0.39 is 5.97 Å². The van der Waals surface area contributed by atoms with Crippen LogP contribution >= 0.6 is 23.4 Å². The van der Waals surface area contributed by atoms with Gasteiger partial charge in [-0.15, -0.1) is 11.6 Å². The maximum absolute atomic E-state index is 11.0. The number of alkyl halides is 1. The van der Waals surface area contributed by atoms with Crippen LogP contribution in [-0.2, 0) is 6.42 Å². The number of rotatable bonds is 1. The molecule has 0 spiro atoms. The maximum atomic E-state index is 11.0. The van der Waals surface area contributed by atoms with Gasteiger partial charge in [0.2, 0.25) is 0 Å². The zero-order chi connectivity index (χ0) is 13.4. The highest BCUT2D eigenvalue weighted by molar-refractivity contribution is 7.99. The monoisotopic (exact) mass is 290 g/mol. The number of carbonyl (C=O) groups is 1. The molecule has 1 aliphatic heterocycles. The van der Waals surface area contributed by atoms with Gasteiger partial charge in [0, 0.05) is 9.79 Å². The van der Waals surface area contributed by atoms with Crippen LogP contribution in [0, 0.1) is 0 Å². The van der Waals surface area contributed by atoms with Gasteiger partial charge in [-0.1, -0.05) is 30.0 Å². The van der Waals surface area contributed by atoms with Gasteiger partial charge in [0.15, 0.2) is 0 Å². The number of carboxylic acid groups (broad SMARTS) is 1. The van der Waals surface area contributed by atoms with Crippen LogP contribution in [-0.4, -0.2) is 11.1 Å². The van der Waals surface area contributed by atoms with Gasteiger partial charge in [-0.3, -0.25) is 0 Å². The summed E-state index contributed by atoms with van der Waals surface area (Å²) in [6, 6.07) is 13.3. The van der Waals surface area contributed by atoms with Gasteiger partial charge < -0.3 is 5.11 Å². The van der Waals surface area contributed by atoms with Crippen LogP contribution in [0.5, 0.6) is 0 Å². The minimum atomic E-state index is -0.918. The molecule has 19 heavy (non-hydrogen) atoms. The van der Waals surface area contributed by atoms with E-state index in [1.54, 1.807) is 23.9 Å². The summed E-state index contributed by atoms with van der Waals surface area (Å²) in [7, 11) is 0. The molecule has 2 aromatic rings. The summed E-state index contributed by atoms with van der Waals surface area (Å²) in [4.78, 5) is 13.3. The van der Waals surface area contributed by atoms with Crippen LogP contribution in [0.1, 0.15) is 26.9 Å². The van der Waals surface area contributed by atoms with E-state index in [-0.39, 0.29) is 10.9 Å². The second-order valence-electron chi connectivity index (χ2n) is 4.44. The highest BCUT2D eigenvalue weighted by Crippen LogP contribution is 2.43. The van der Waals surface area contributed by atoms with Crippen LogP contribution < -0.4 is 0 Å². The summed E-state index contributed by atoms with van der Waals surface area (Å²) in [5.41, 5.74) is 2.40. The normalized spacial score (nSPS) is 17.2. The Labute approximate surface area is 120 Å². The number of aromatic carboxylic acids is 1. The molecular formula is C15H11ClO2S. The third kappa shape index (κ3) is 2.36. The van der Waals surface area contributed by atoms with Crippen molar-refractivity contribution in [3.63, 3.8) is 0 Å². The molecule has 0 bridgehead atoms. The average Bonchev–Trinajstić information content (AvgIpc) is 2.54. The molecule has 0 aromatic heterocycles. The number of hydrogen-bond donors (Lipinski definition) is 1. The van der Waals surface area contributed by atoms with Crippen LogP contribution in [0.25, 0.3) is 0 Å². The van der Waals surface area contributed by atoms with Crippen LogP contribution in [0.15, 0.2) is 52.3 Å². The van der Waals surface area contributed by atoms with Crippen LogP contribution in [0.3, 0.4) is 0 Å². The summed E-state index contributed by atoms with van der Waals surface area (Å²) < 4.78 is 0. The second-order valence-corrected chi connectivity index (χ2v) is 6.05. The van der Waals surface area contributed by atoms with Crippen molar-refractivity contribution in [2.45, 2.75) is 21.6 Å². The molecule has 0 saturated carbocycles. The Morgan fingerprint density at radius 2 is 2.00 bits per heavy atom. The standard InChI is InChI=1S/C15H11ClO2S/c16-12-8-9-3-1-2-4-13(9)19-14-6-5-10(15(17)18)7-11(12)14/h1-7,12H,8H2,(H,17,18)/t12-/m1/s1. The lowest BCUT2D eigenvalue weighted by molar-refractivity contribution is 0.0696. The first-order chi connectivity index (χ1) is 9.15. The molecule has 0 amide bonds. The zero-order valence-electron chi connectivity index (χ0n) is 9.97. The number of halogens is 1.